The topological polar surface area (TPSA) is 79.3 Å². The molecule has 2 aromatic rings. The smallest absolute Gasteiger partial charge is 0.243 e. The molecule has 0 aliphatic carbocycles. The highest BCUT2D eigenvalue weighted by atomic mass is 32.2. The second kappa shape index (κ2) is 7.71. The lowest BCUT2D eigenvalue weighted by atomic mass is 9.91. The minimum Gasteiger partial charge on any atom is -0.492 e. The quantitative estimate of drug-likeness (QED) is 0.694. The first-order chi connectivity index (χ1) is 15.3. The van der Waals surface area contributed by atoms with E-state index in [1.807, 2.05) is 35.2 Å². The second-order valence-corrected chi connectivity index (χ2v) is 11.3. The number of anilines is 1. The van der Waals surface area contributed by atoms with Crippen molar-refractivity contribution in [3.63, 3.8) is 0 Å². The van der Waals surface area contributed by atoms with Crippen molar-refractivity contribution < 1.29 is 17.9 Å². The highest BCUT2D eigenvalue weighted by Gasteiger charge is 2.42. The standard InChI is InChI=1S/C24H27N3O4S/c1-24(2)15-25-23-22(28)20-13-19(10-11-21(20)26(23)16-24)32(29,30)27-12-6-7-17(27)14-31-18-8-4-3-5-9-18/h3-5,8-11,13,17H,6-7,12,14-16H2,1-2H3/t17-/m0/s1. The van der Waals surface area contributed by atoms with E-state index in [0.717, 1.165) is 24.3 Å². The van der Waals surface area contributed by atoms with E-state index in [1.54, 1.807) is 12.1 Å². The number of benzene rings is 2. The summed E-state index contributed by atoms with van der Waals surface area (Å²) in [7, 11) is -3.75. The molecule has 2 aromatic carbocycles. The first kappa shape index (κ1) is 21.2. The lowest BCUT2D eigenvalue weighted by Gasteiger charge is -2.34. The van der Waals surface area contributed by atoms with Gasteiger partial charge in [-0.3, -0.25) is 9.79 Å². The molecule has 0 spiro atoms. The van der Waals surface area contributed by atoms with Gasteiger partial charge >= 0.3 is 0 Å². The molecule has 0 radical (unpaired) electrons. The molecule has 0 bridgehead atoms. The molecule has 8 heteroatoms. The number of fused-ring (bicyclic) bond motifs is 3. The van der Waals surface area contributed by atoms with Gasteiger partial charge in [-0.1, -0.05) is 32.0 Å². The van der Waals surface area contributed by atoms with Crippen molar-refractivity contribution in [2.45, 2.75) is 37.6 Å². The van der Waals surface area contributed by atoms with Gasteiger partial charge in [0, 0.05) is 25.0 Å². The summed E-state index contributed by atoms with van der Waals surface area (Å²) in [6.45, 7) is 6.23. The van der Waals surface area contributed by atoms with Crippen LogP contribution in [-0.2, 0) is 10.0 Å². The Balaban J connectivity index is 1.40. The normalized spacial score (nSPS) is 22.4. The highest BCUT2D eigenvalue weighted by molar-refractivity contribution is 7.89. The van der Waals surface area contributed by atoms with Gasteiger partial charge in [0.25, 0.3) is 0 Å². The monoisotopic (exact) mass is 453 g/mol. The number of ether oxygens (including phenoxy) is 1. The van der Waals surface area contributed by atoms with Crippen molar-refractivity contribution >= 4 is 27.3 Å². The summed E-state index contributed by atoms with van der Waals surface area (Å²) in [5.74, 6) is 0.947. The Morgan fingerprint density at radius 3 is 2.72 bits per heavy atom. The number of rotatable bonds is 5. The second-order valence-electron chi connectivity index (χ2n) is 9.43. The van der Waals surface area contributed by atoms with E-state index in [9.17, 15) is 13.2 Å². The average Bonchev–Trinajstić information content (AvgIpc) is 3.36. The Morgan fingerprint density at radius 2 is 1.94 bits per heavy atom. The summed E-state index contributed by atoms with van der Waals surface area (Å²) in [6.07, 6.45) is 1.53. The Morgan fingerprint density at radius 1 is 1.16 bits per heavy atom. The number of Topliss-reactive ketones (excluding diaryl/α,β-unsaturated/α-hetero) is 1. The van der Waals surface area contributed by atoms with Gasteiger partial charge in [0.05, 0.1) is 22.2 Å². The van der Waals surface area contributed by atoms with Crippen LogP contribution in [-0.4, -0.2) is 56.6 Å². The molecule has 0 aromatic heterocycles. The Hall–Kier alpha value is -2.71. The molecule has 3 heterocycles. The Bertz CT molecular complexity index is 1190. The average molecular weight is 454 g/mol. The van der Waals surface area contributed by atoms with Crippen LogP contribution in [0.5, 0.6) is 5.75 Å². The lowest BCUT2D eigenvalue weighted by Crippen LogP contribution is -2.44. The predicted octanol–water partition coefficient (Wildman–Crippen LogP) is 3.36. The van der Waals surface area contributed by atoms with E-state index >= 15 is 0 Å². The third kappa shape index (κ3) is 3.61. The number of sulfonamides is 1. The number of para-hydroxylation sites is 1. The third-order valence-electron chi connectivity index (χ3n) is 6.32. The van der Waals surface area contributed by atoms with Crippen LogP contribution >= 0.6 is 0 Å². The number of hydrogen-bond donors (Lipinski definition) is 0. The maximum absolute atomic E-state index is 13.5. The molecule has 5 rings (SSSR count). The van der Waals surface area contributed by atoms with Crippen LogP contribution in [0.3, 0.4) is 0 Å². The summed E-state index contributed by atoms with van der Waals surface area (Å²) in [5.41, 5.74) is 1.11. The highest BCUT2D eigenvalue weighted by Crippen LogP contribution is 2.37. The van der Waals surface area contributed by atoms with Gasteiger partial charge in [0.2, 0.25) is 15.8 Å². The molecule has 1 atom stereocenters. The molecule has 0 N–H and O–H groups in total. The SMILES string of the molecule is CC1(C)CN=C2C(=O)c3cc(S(=O)(=O)N4CCC[C@H]4COc4ccccc4)ccc3N2C1. The van der Waals surface area contributed by atoms with Crippen LogP contribution in [0.4, 0.5) is 5.69 Å². The molecule has 7 nitrogen and oxygen atoms in total. The van der Waals surface area contributed by atoms with Crippen molar-refractivity contribution in [3.05, 3.63) is 54.1 Å². The van der Waals surface area contributed by atoms with E-state index < -0.39 is 10.0 Å². The summed E-state index contributed by atoms with van der Waals surface area (Å²) < 4.78 is 34.4. The summed E-state index contributed by atoms with van der Waals surface area (Å²) in [6, 6.07) is 14.0. The minimum absolute atomic E-state index is 0.0440. The maximum Gasteiger partial charge on any atom is 0.243 e. The van der Waals surface area contributed by atoms with Gasteiger partial charge < -0.3 is 9.64 Å². The molecular weight excluding hydrogens is 426 g/mol. The van der Waals surface area contributed by atoms with E-state index in [0.29, 0.717) is 37.6 Å². The fourth-order valence-electron chi connectivity index (χ4n) is 4.67. The fraction of sp³-hybridized carbons (Fsp3) is 0.417. The summed E-state index contributed by atoms with van der Waals surface area (Å²) in [5, 5.41) is 0. The minimum atomic E-state index is -3.75. The number of carbonyl (C=O) groups is 1. The number of aliphatic imine (C=N–C) groups is 1. The molecule has 168 valence electrons. The van der Waals surface area contributed by atoms with Crippen LogP contribution in [0, 0.1) is 5.41 Å². The number of hydrogen-bond acceptors (Lipinski definition) is 6. The van der Waals surface area contributed by atoms with Gasteiger partial charge in [-0.25, -0.2) is 8.42 Å². The zero-order valence-corrected chi connectivity index (χ0v) is 19.1. The lowest BCUT2D eigenvalue weighted by molar-refractivity contribution is 0.106. The summed E-state index contributed by atoms with van der Waals surface area (Å²) >= 11 is 0. The fourth-order valence-corrected chi connectivity index (χ4v) is 6.38. The third-order valence-corrected chi connectivity index (χ3v) is 8.27. The first-order valence-corrected chi connectivity index (χ1v) is 12.4. The molecule has 1 fully saturated rings. The van der Waals surface area contributed by atoms with E-state index in [-0.39, 0.29) is 22.1 Å². The Kier molecular flexibility index (Phi) is 5.09. The molecule has 0 saturated carbocycles. The summed E-state index contributed by atoms with van der Waals surface area (Å²) in [4.78, 5) is 19.5. The van der Waals surface area contributed by atoms with Crippen LogP contribution in [0.2, 0.25) is 0 Å². The van der Waals surface area contributed by atoms with E-state index in [1.165, 1.54) is 10.4 Å². The van der Waals surface area contributed by atoms with Crippen molar-refractivity contribution in [1.29, 1.82) is 0 Å². The zero-order chi connectivity index (χ0) is 22.5. The van der Waals surface area contributed by atoms with Crippen LogP contribution in [0.1, 0.15) is 37.0 Å². The van der Waals surface area contributed by atoms with Gasteiger partial charge in [-0.05, 0) is 43.2 Å². The molecule has 0 unspecified atom stereocenters. The van der Waals surface area contributed by atoms with Crippen LogP contribution in [0.25, 0.3) is 0 Å². The zero-order valence-electron chi connectivity index (χ0n) is 18.3. The predicted molar refractivity (Wildman–Crippen MR) is 123 cm³/mol. The van der Waals surface area contributed by atoms with Crippen LogP contribution in [0.15, 0.2) is 58.4 Å². The van der Waals surface area contributed by atoms with Crippen molar-refractivity contribution in [3.8, 4) is 5.75 Å². The molecule has 3 aliphatic heterocycles. The molecule has 32 heavy (non-hydrogen) atoms. The number of carbonyl (C=O) groups excluding carboxylic acids is 1. The maximum atomic E-state index is 13.5. The van der Waals surface area contributed by atoms with Crippen molar-refractivity contribution in [1.82, 2.24) is 4.31 Å². The van der Waals surface area contributed by atoms with Crippen molar-refractivity contribution in [2.24, 2.45) is 10.4 Å². The number of ketones is 1. The number of nitrogens with zero attached hydrogens (tertiary/aromatic N) is 3. The first-order valence-electron chi connectivity index (χ1n) is 11.0. The van der Waals surface area contributed by atoms with Gasteiger partial charge in [0.1, 0.15) is 12.4 Å². The number of amidine groups is 1. The molecule has 0 amide bonds. The largest absolute Gasteiger partial charge is 0.492 e. The Labute approximate surface area is 188 Å². The van der Waals surface area contributed by atoms with Crippen LogP contribution < -0.4 is 9.64 Å². The molecule has 3 aliphatic rings. The van der Waals surface area contributed by atoms with Gasteiger partial charge in [0.15, 0.2) is 5.84 Å². The molecular formula is C24H27N3O4S. The van der Waals surface area contributed by atoms with E-state index in [4.69, 9.17) is 4.74 Å². The van der Waals surface area contributed by atoms with Gasteiger partial charge in [-0.2, -0.15) is 4.31 Å². The van der Waals surface area contributed by atoms with E-state index in [2.05, 4.69) is 18.8 Å². The molecule has 1 saturated heterocycles. The van der Waals surface area contributed by atoms with Gasteiger partial charge in [-0.15, -0.1) is 0 Å². The van der Waals surface area contributed by atoms with Crippen molar-refractivity contribution in [2.75, 3.05) is 31.1 Å².